The van der Waals surface area contributed by atoms with E-state index in [1.165, 1.54) is 17.7 Å². The fourth-order valence-electron chi connectivity index (χ4n) is 4.19. The first kappa shape index (κ1) is 25.0. The highest BCUT2D eigenvalue weighted by atomic mass is 35.5. The third kappa shape index (κ3) is 6.51. The molecule has 160 valence electrons. The Balaban J connectivity index is 0.00000196. The number of nitrogens with one attached hydrogen (secondary N) is 1. The quantitative estimate of drug-likeness (QED) is 0.694. The van der Waals surface area contributed by atoms with Crippen LogP contribution in [0.1, 0.15) is 44.6 Å². The van der Waals surface area contributed by atoms with E-state index < -0.39 is 0 Å². The highest BCUT2D eigenvalue weighted by molar-refractivity contribution is 5.85. The van der Waals surface area contributed by atoms with E-state index in [9.17, 15) is 4.79 Å². The van der Waals surface area contributed by atoms with Gasteiger partial charge < -0.3 is 20.7 Å². The first-order valence-corrected chi connectivity index (χ1v) is 10.2. The average Bonchev–Trinajstić information content (AvgIpc) is 2.67. The second-order valence-corrected chi connectivity index (χ2v) is 7.59. The Morgan fingerprint density at radius 2 is 2.07 bits per heavy atom. The molecular formula is C21H35Cl2N3O2. The summed E-state index contributed by atoms with van der Waals surface area (Å²) in [4.78, 5) is 14.9. The Morgan fingerprint density at radius 3 is 2.82 bits per heavy atom. The lowest BCUT2D eigenvalue weighted by atomic mass is 9.83. The number of rotatable bonds is 7. The first-order chi connectivity index (χ1) is 12.7. The predicted molar refractivity (Wildman–Crippen MR) is 120 cm³/mol. The smallest absolute Gasteiger partial charge is 0.223 e. The maximum absolute atomic E-state index is 12.5. The van der Waals surface area contributed by atoms with Crippen molar-refractivity contribution < 1.29 is 9.53 Å². The Labute approximate surface area is 181 Å². The van der Waals surface area contributed by atoms with Gasteiger partial charge in [0, 0.05) is 43.9 Å². The van der Waals surface area contributed by atoms with Crippen molar-refractivity contribution in [3.8, 4) is 0 Å². The molecule has 0 bridgehead atoms. The molecule has 1 aromatic carbocycles. The van der Waals surface area contributed by atoms with Crippen LogP contribution in [0.3, 0.4) is 0 Å². The van der Waals surface area contributed by atoms with Crippen molar-refractivity contribution >= 4 is 36.4 Å². The number of aryl methyl sites for hydroxylation is 1. The van der Waals surface area contributed by atoms with Gasteiger partial charge in [-0.25, -0.2) is 0 Å². The van der Waals surface area contributed by atoms with Crippen LogP contribution < -0.4 is 16.0 Å². The van der Waals surface area contributed by atoms with Crippen LogP contribution in [0.2, 0.25) is 0 Å². The van der Waals surface area contributed by atoms with Gasteiger partial charge in [-0.15, -0.1) is 24.8 Å². The summed E-state index contributed by atoms with van der Waals surface area (Å²) in [6.07, 6.45) is 5.95. The maximum atomic E-state index is 12.5. The summed E-state index contributed by atoms with van der Waals surface area (Å²) in [5.74, 6) is 0.180. The number of hydrogen-bond donors (Lipinski definition) is 2. The normalized spacial score (nSPS) is 23.8. The number of ether oxygens (including phenoxy) is 1. The number of halogens is 2. The highest BCUT2D eigenvalue weighted by Gasteiger charge is 2.32. The van der Waals surface area contributed by atoms with Crippen molar-refractivity contribution in [1.29, 1.82) is 0 Å². The molecule has 1 saturated carbocycles. The fourth-order valence-corrected chi connectivity index (χ4v) is 4.19. The van der Waals surface area contributed by atoms with Gasteiger partial charge in [0.05, 0.1) is 6.10 Å². The molecule has 1 heterocycles. The van der Waals surface area contributed by atoms with Gasteiger partial charge in [-0.2, -0.15) is 0 Å². The summed E-state index contributed by atoms with van der Waals surface area (Å²) >= 11 is 0. The minimum absolute atomic E-state index is 0. The van der Waals surface area contributed by atoms with E-state index in [0.717, 1.165) is 51.8 Å². The molecule has 7 heteroatoms. The number of carbonyl (C=O) groups excluding carboxylic acids is 1. The minimum atomic E-state index is -0.0278. The van der Waals surface area contributed by atoms with E-state index in [4.69, 9.17) is 10.5 Å². The number of nitrogens with two attached hydrogens (primary N) is 1. The molecule has 1 aliphatic carbocycles. The second kappa shape index (κ2) is 12.5. The molecule has 1 aliphatic heterocycles. The molecule has 1 fully saturated rings. The summed E-state index contributed by atoms with van der Waals surface area (Å²) in [7, 11) is 0. The van der Waals surface area contributed by atoms with E-state index in [1.54, 1.807) is 0 Å². The summed E-state index contributed by atoms with van der Waals surface area (Å²) in [5, 5.41) is 3.13. The molecule has 28 heavy (non-hydrogen) atoms. The van der Waals surface area contributed by atoms with Crippen molar-refractivity contribution in [3.63, 3.8) is 0 Å². The van der Waals surface area contributed by atoms with Gasteiger partial charge in [-0.3, -0.25) is 4.79 Å². The third-order valence-corrected chi connectivity index (χ3v) is 5.63. The maximum Gasteiger partial charge on any atom is 0.223 e. The molecule has 1 aromatic rings. The number of fused-ring (bicyclic) bond motifs is 1. The summed E-state index contributed by atoms with van der Waals surface area (Å²) < 4.78 is 5.80. The minimum Gasteiger partial charge on any atom is -0.377 e. The Kier molecular flexibility index (Phi) is 11.2. The number of benzene rings is 1. The van der Waals surface area contributed by atoms with Crippen LogP contribution in [0, 0.1) is 5.92 Å². The van der Waals surface area contributed by atoms with Crippen LogP contribution in [-0.4, -0.2) is 44.3 Å². The average molecular weight is 432 g/mol. The van der Waals surface area contributed by atoms with Crippen LogP contribution in [0.4, 0.5) is 5.69 Å². The Hall–Kier alpha value is -1.01. The van der Waals surface area contributed by atoms with Crippen LogP contribution in [0.5, 0.6) is 0 Å². The molecule has 0 aromatic heterocycles. The molecule has 0 radical (unpaired) electrons. The molecular weight excluding hydrogens is 397 g/mol. The molecule has 3 atom stereocenters. The summed E-state index contributed by atoms with van der Waals surface area (Å²) in [6, 6.07) is 8.57. The SMILES string of the molecule is CCCO[C@@H]1CC[C@H](C(=O)NCCN2CCCc3ccccc32)C[C@H]1N.Cl.Cl. The number of carbonyl (C=O) groups is 1. The molecule has 0 spiro atoms. The van der Waals surface area contributed by atoms with E-state index in [0.29, 0.717) is 6.54 Å². The fraction of sp³-hybridized carbons (Fsp3) is 0.667. The van der Waals surface area contributed by atoms with Gasteiger partial charge in [0.25, 0.3) is 0 Å². The van der Waals surface area contributed by atoms with Crippen LogP contribution in [0.25, 0.3) is 0 Å². The zero-order chi connectivity index (χ0) is 18.4. The van der Waals surface area contributed by atoms with Crippen molar-refractivity contribution in [2.75, 3.05) is 31.1 Å². The number of anilines is 1. The van der Waals surface area contributed by atoms with E-state index in [-0.39, 0.29) is 48.8 Å². The standard InChI is InChI=1S/C21H33N3O2.2ClH/c1-2-14-26-20-10-9-17(15-18(20)22)21(25)23-11-13-24-12-5-7-16-6-3-4-8-19(16)24;;/h3-4,6,8,17-18,20H,2,5,7,9-15,22H2,1H3,(H,23,25);2*1H/t17-,18+,20+;;/m0../s1. The van der Waals surface area contributed by atoms with E-state index in [2.05, 4.69) is 41.4 Å². The number of amides is 1. The van der Waals surface area contributed by atoms with Crippen molar-refractivity contribution in [1.82, 2.24) is 5.32 Å². The predicted octanol–water partition coefficient (Wildman–Crippen LogP) is 3.32. The molecule has 3 rings (SSSR count). The summed E-state index contributed by atoms with van der Waals surface area (Å²) in [5.41, 5.74) is 8.97. The molecule has 0 saturated heterocycles. The highest BCUT2D eigenvalue weighted by Crippen LogP contribution is 2.27. The lowest BCUT2D eigenvalue weighted by molar-refractivity contribution is -0.127. The topological polar surface area (TPSA) is 67.6 Å². The number of hydrogen-bond acceptors (Lipinski definition) is 4. The number of para-hydroxylation sites is 1. The second-order valence-electron chi connectivity index (χ2n) is 7.59. The van der Waals surface area contributed by atoms with Gasteiger partial charge in [0.15, 0.2) is 0 Å². The Bertz CT molecular complexity index is 603. The van der Waals surface area contributed by atoms with Gasteiger partial charge in [0.1, 0.15) is 0 Å². The summed E-state index contributed by atoms with van der Waals surface area (Å²) in [6.45, 7) is 5.48. The van der Waals surface area contributed by atoms with Crippen molar-refractivity contribution in [2.24, 2.45) is 11.7 Å². The van der Waals surface area contributed by atoms with Crippen LogP contribution >= 0.6 is 24.8 Å². The van der Waals surface area contributed by atoms with Gasteiger partial charge in [-0.05, 0) is 50.2 Å². The van der Waals surface area contributed by atoms with E-state index in [1.807, 2.05) is 0 Å². The zero-order valence-electron chi connectivity index (χ0n) is 16.8. The third-order valence-electron chi connectivity index (χ3n) is 5.63. The molecule has 1 amide bonds. The van der Waals surface area contributed by atoms with Crippen LogP contribution in [-0.2, 0) is 16.0 Å². The van der Waals surface area contributed by atoms with Crippen molar-refractivity contribution in [3.05, 3.63) is 29.8 Å². The lowest BCUT2D eigenvalue weighted by Crippen LogP contribution is -2.47. The lowest BCUT2D eigenvalue weighted by Gasteiger charge is -2.34. The number of nitrogens with zero attached hydrogens (tertiary/aromatic N) is 1. The monoisotopic (exact) mass is 431 g/mol. The van der Waals surface area contributed by atoms with E-state index >= 15 is 0 Å². The van der Waals surface area contributed by atoms with Crippen LogP contribution in [0.15, 0.2) is 24.3 Å². The van der Waals surface area contributed by atoms with Gasteiger partial charge >= 0.3 is 0 Å². The Morgan fingerprint density at radius 1 is 1.29 bits per heavy atom. The molecule has 5 nitrogen and oxygen atoms in total. The molecule has 3 N–H and O–H groups in total. The van der Waals surface area contributed by atoms with Gasteiger partial charge in [-0.1, -0.05) is 25.1 Å². The molecule has 0 unspecified atom stereocenters. The zero-order valence-corrected chi connectivity index (χ0v) is 18.4. The van der Waals surface area contributed by atoms with Gasteiger partial charge in [0.2, 0.25) is 5.91 Å². The van der Waals surface area contributed by atoms with Crippen molar-refractivity contribution in [2.45, 2.75) is 57.6 Å². The first-order valence-electron chi connectivity index (χ1n) is 10.2. The molecule has 2 aliphatic rings. The largest absolute Gasteiger partial charge is 0.377 e.